The van der Waals surface area contributed by atoms with Gasteiger partial charge in [-0.05, 0) is 39.2 Å². The third-order valence-corrected chi connectivity index (χ3v) is 4.72. The zero-order chi connectivity index (χ0) is 13.3. The SMILES string of the molecule is CC1CCC(C(=O)N2CCN(C)CC2C)CC1N. The van der Waals surface area contributed by atoms with Crippen LogP contribution in [0.5, 0.6) is 0 Å². The third-order valence-electron chi connectivity index (χ3n) is 4.72. The van der Waals surface area contributed by atoms with Gasteiger partial charge in [0.05, 0.1) is 0 Å². The lowest BCUT2D eigenvalue weighted by atomic mass is 9.79. The van der Waals surface area contributed by atoms with Gasteiger partial charge in [-0.1, -0.05) is 6.92 Å². The van der Waals surface area contributed by atoms with E-state index in [0.717, 1.165) is 38.9 Å². The molecule has 4 heteroatoms. The summed E-state index contributed by atoms with van der Waals surface area (Å²) in [7, 11) is 2.12. The first kappa shape index (κ1) is 13.8. The Kier molecular flexibility index (Phi) is 4.28. The van der Waals surface area contributed by atoms with Crippen molar-refractivity contribution < 1.29 is 4.79 Å². The predicted octanol–water partition coefficient (Wildman–Crippen LogP) is 0.912. The van der Waals surface area contributed by atoms with E-state index in [9.17, 15) is 4.79 Å². The average Bonchev–Trinajstić information content (AvgIpc) is 2.32. The molecule has 0 radical (unpaired) electrons. The molecule has 2 rings (SSSR count). The van der Waals surface area contributed by atoms with Crippen molar-refractivity contribution in [1.82, 2.24) is 9.80 Å². The summed E-state index contributed by atoms with van der Waals surface area (Å²) in [6.07, 6.45) is 2.99. The average molecular weight is 253 g/mol. The highest BCUT2D eigenvalue weighted by Crippen LogP contribution is 2.29. The van der Waals surface area contributed by atoms with Crippen LogP contribution in [0.2, 0.25) is 0 Å². The number of hydrogen-bond donors (Lipinski definition) is 1. The number of likely N-dealkylation sites (N-methyl/N-ethyl adjacent to an activating group) is 1. The van der Waals surface area contributed by atoms with Gasteiger partial charge in [0.15, 0.2) is 0 Å². The minimum absolute atomic E-state index is 0.169. The highest BCUT2D eigenvalue weighted by Gasteiger charge is 2.35. The number of piperazine rings is 1. The minimum Gasteiger partial charge on any atom is -0.337 e. The molecule has 1 saturated carbocycles. The molecule has 1 amide bonds. The van der Waals surface area contributed by atoms with Crippen molar-refractivity contribution in [2.75, 3.05) is 26.7 Å². The standard InChI is InChI=1S/C14H27N3O/c1-10-4-5-12(8-13(10)15)14(18)17-7-6-16(3)9-11(17)2/h10-13H,4-9,15H2,1-3H3. The van der Waals surface area contributed by atoms with Gasteiger partial charge >= 0.3 is 0 Å². The summed E-state index contributed by atoms with van der Waals surface area (Å²) in [5, 5.41) is 0. The summed E-state index contributed by atoms with van der Waals surface area (Å²) >= 11 is 0. The van der Waals surface area contributed by atoms with Crippen molar-refractivity contribution in [1.29, 1.82) is 0 Å². The van der Waals surface area contributed by atoms with Crippen LogP contribution in [-0.2, 0) is 4.79 Å². The van der Waals surface area contributed by atoms with Crippen molar-refractivity contribution in [3.8, 4) is 0 Å². The molecule has 1 saturated heterocycles. The van der Waals surface area contributed by atoms with Crippen LogP contribution in [-0.4, -0.2) is 54.5 Å². The van der Waals surface area contributed by atoms with E-state index in [4.69, 9.17) is 5.73 Å². The van der Waals surface area contributed by atoms with Gasteiger partial charge in [-0.2, -0.15) is 0 Å². The lowest BCUT2D eigenvalue weighted by Gasteiger charge is -2.41. The van der Waals surface area contributed by atoms with Crippen molar-refractivity contribution in [2.45, 2.75) is 45.2 Å². The molecule has 18 heavy (non-hydrogen) atoms. The van der Waals surface area contributed by atoms with Gasteiger partial charge in [0, 0.05) is 37.6 Å². The van der Waals surface area contributed by atoms with Crippen LogP contribution in [0.25, 0.3) is 0 Å². The molecular formula is C14H27N3O. The first-order chi connectivity index (χ1) is 8.49. The van der Waals surface area contributed by atoms with E-state index in [1.165, 1.54) is 0 Å². The highest BCUT2D eigenvalue weighted by molar-refractivity contribution is 5.79. The van der Waals surface area contributed by atoms with E-state index in [1.807, 2.05) is 0 Å². The normalized spacial score (nSPS) is 38.8. The highest BCUT2D eigenvalue weighted by atomic mass is 16.2. The Bertz CT molecular complexity index is 307. The van der Waals surface area contributed by atoms with E-state index in [2.05, 4.69) is 30.7 Å². The van der Waals surface area contributed by atoms with Gasteiger partial charge in [-0.25, -0.2) is 0 Å². The molecule has 1 aliphatic carbocycles. The fraction of sp³-hybridized carbons (Fsp3) is 0.929. The summed E-state index contributed by atoms with van der Waals surface area (Å²) in [6, 6.07) is 0.544. The Balaban J connectivity index is 1.95. The molecule has 0 aromatic heterocycles. The van der Waals surface area contributed by atoms with Crippen LogP contribution < -0.4 is 5.73 Å². The Morgan fingerprint density at radius 3 is 2.56 bits per heavy atom. The molecule has 2 aliphatic rings. The molecule has 104 valence electrons. The fourth-order valence-electron chi connectivity index (χ4n) is 3.28. The summed E-state index contributed by atoms with van der Waals surface area (Å²) < 4.78 is 0. The lowest BCUT2D eigenvalue weighted by Crippen LogP contribution is -2.55. The Morgan fingerprint density at radius 2 is 1.94 bits per heavy atom. The number of carbonyl (C=O) groups excluding carboxylic acids is 1. The maximum absolute atomic E-state index is 12.6. The van der Waals surface area contributed by atoms with Gasteiger partial charge in [0.1, 0.15) is 0 Å². The van der Waals surface area contributed by atoms with Gasteiger partial charge in [0.2, 0.25) is 5.91 Å². The lowest BCUT2D eigenvalue weighted by molar-refractivity contribution is -0.141. The minimum atomic E-state index is 0.169. The van der Waals surface area contributed by atoms with Crippen LogP contribution in [0.3, 0.4) is 0 Å². The van der Waals surface area contributed by atoms with Crippen LogP contribution in [0, 0.1) is 11.8 Å². The molecule has 1 heterocycles. The monoisotopic (exact) mass is 253 g/mol. The zero-order valence-corrected chi connectivity index (χ0v) is 11.9. The molecule has 0 bridgehead atoms. The molecule has 4 nitrogen and oxygen atoms in total. The van der Waals surface area contributed by atoms with Crippen LogP contribution in [0.4, 0.5) is 0 Å². The second-order valence-electron chi connectivity index (χ2n) is 6.29. The quantitative estimate of drug-likeness (QED) is 0.756. The van der Waals surface area contributed by atoms with E-state index in [0.29, 0.717) is 17.9 Å². The molecule has 2 fully saturated rings. The van der Waals surface area contributed by atoms with Gasteiger partial charge in [0.25, 0.3) is 0 Å². The van der Waals surface area contributed by atoms with E-state index in [-0.39, 0.29) is 12.0 Å². The Morgan fingerprint density at radius 1 is 1.22 bits per heavy atom. The molecule has 0 aromatic carbocycles. The van der Waals surface area contributed by atoms with E-state index in [1.54, 1.807) is 0 Å². The second kappa shape index (κ2) is 5.57. The second-order valence-corrected chi connectivity index (χ2v) is 6.29. The Hall–Kier alpha value is -0.610. The third kappa shape index (κ3) is 2.86. The number of hydrogen-bond acceptors (Lipinski definition) is 3. The topological polar surface area (TPSA) is 49.6 Å². The van der Waals surface area contributed by atoms with Crippen molar-refractivity contribution in [3.05, 3.63) is 0 Å². The van der Waals surface area contributed by atoms with Crippen molar-refractivity contribution >= 4 is 5.91 Å². The fourth-order valence-corrected chi connectivity index (χ4v) is 3.28. The van der Waals surface area contributed by atoms with Crippen molar-refractivity contribution in [2.24, 2.45) is 17.6 Å². The number of rotatable bonds is 1. The maximum Gasteiger partial charge on any atom is 0.226 e. The molecular weight excluding hydrogens is 226 g/mol. The Labute approximate surface area is 110 Å². The smallest absolute Gasteiger partial charge is 0.226 e. The number of carbonyl (C=O) groups is 1. The molecule has 4 atom stereocenters. The van der Waals surface area contributed by atoms with Crippen LogP contribution >= 0.6 is 0 Å². The maximum atomic E-state index is 12.6. The molecule has 2 N–H and O–H groups in total. The molecule has 4 unspecified atom stereocenters. The van der Waals surface area contributed by atoms with Crippen molar-refractivity contribution in [3.63, 3.8) is 0 Å². The molecule has 0 spiro atoms. The first-order valence-corrected chi connectivity index (χ1v) is 7.23. The zero-order valence-electron chi connectivity index (χ0n) is 11.9. The first-order valence-electron chi connectivity index (χ1n) is 7.23. The predicted molar refractivity (Wildman–Crippen MR) is 73.2 cm³/mol. The number of amides is 1. The molecule has 0 aromatic rings. The number of nitrogens with zero attached hydrogens (tertiary/aromatic N) is 2. The molecule has 1 aliphatic heterocycles. The number of nitrogens with two attached hydrogens (primary N) is 1. The summed E-state index contributed by atoms with van der Waals surface area (Å²) in [4.78, 5) is 16.9. The van der Waals surface area contributed by atoms with Crippen LogP contribution in [0.1, 0.15) is 33.1 Å². The van der Waals surface area contributed by atoms with E-state index < -0.39 is 0 Å². The van der Waals surface area contributed by atoms with Gasteiger partial charge < -0.3 is 15.5 Å². The summed E-state index contributed by atoms with van der Waals surface area (Å²) in [5.74, 6) is 1.08. The largest absolute Gasteiger partial charge is 0.337 e. The van der Waals surface area contributed by atoms with E-state index >= 15 is 0 Å². The summed E-state index contributed by atoms with van der Waals surface area (Å²) in [6.45, 7) is 7.20. The van der Waals surface area contributed by atoms with Crippen LogP contribution in [0.15, 0.2) is 0 Å². The van der Waals surface area contributed by atoms with Gasteiger partial charge in [-0.3, -0.25) is 4.79 Å². The van der Waals surface area contributed by atoms with Gasteiger partial charge in [-0.15, -0.1) is 0 Å². The summed E-state index contributed by atoms with van der Waals surface area (Å²) in [5.41, 5.74) is 6.11.